The second-order valence-corrected chi connectivity index (χ2v) is 5.53. The topological polar surface area (TPSA) is 24.5 Å². The average Bonchev–Trinajstić information content (AvgIpc) is 2.53. The lowest BCUT2D eigenvalue weighted by molar-refractivity contribution is 0.0854. The standard InChI is InChI=1S/C17H28N2O/c1-4-16(18-5-2)15-8-6-7-9-17(15)19(3)14-10-12-20-13-11-14/h6-9,14,16,18H,4-5,10-13H2,1-3H3. The zero-order valence-corrected chi connectivity index (χ0v) is 13.1. The maximum atomic E-state index is 5.48. The Kier molecular flexibility index (Phi) is 5.86. The fourth-order valence-corrected chi connectivity index (χ4v) is 3.09. The summed E-state index contributed by atoms with van der Waals surface area (Å²) in [5.41, 5.74) is 2.79. The van der Waals surface area contributed by atoms with Crippen molar-refractivity contribution in [2.75, 3.05) is 31.7 Å². The molecule has 3 nitrogen and oxygen atoms in total. The van der Waals surface area contributed by atoms with Crippen LogP contribution >= 0.6 is 0 Å². The van der Waals surface area contributed by atoms with Crippen LogP contribution in [0.2, 0.25) is 0 Å². The van der Waals surface area contributed by atoms with Crippen LogP contribution in [0.25, 0.3) is 0 Å². The van der Waals surface area contributed by atoms with Crippen molar-refractivity contribution in [1.82, 2.24) is 5.32 Å². The van der Waals surface area contributed by atoms with Gasteiger partial charge in [-0.05, 0) is 37.4 Å². The lowest BCUT2D eigenvalue weighted by atomic mass is 9.99. The molecule has 0 bridgehead atoms. The molecule has 3 heteroatoms. The van der Waals surface area contributed by atoms with Crippen LogP contribution in [0.5, 0.6) is 0 Å². The smallest absolute Gasteiger partial charge is 0.0485 e. The molecule has 0 saturated carbocycles. The van der Waals surface area contributed by atoms with Gasteiger partial charge in [0, 0.05) is 38.0 Å². The third kappa shape index (κ3) is 3.53. The molecule has 20 heavy (non-hydrogen) atoms. The van der Waals surface area contributed by atoms with Crippen LogP contribution in [0.4, 0.5) is 5.69 Å². The van der Waals surface area contributed by atoms with Crippen LogP contribution in [-0.4, -0.2) is 32.8 Å². The van der Waals surface area contributed by atoms with Crippen molar-refractivity contribution >= 4 is 5.69 Å². The first-order chi connectivity index (χ1) is 9.77. The first-order valence-electron chi connectivity index (χ1n) is 7.90. The minimum absolute atomic E-state index is 0.443. The van der Waals surface area contributed by atoms with E-state index in [0.717, 1.165) is 39.0 Å². The van der Waals surface area contributed by atoms with E-state index in [1.807, 2.05) is 0 Å². The molecule has 1 saturated heterocycles. The Morgan fingerprint density at radius 2 is 1.95 bits per heavy atom. The van der Waals surface area contributed by atoms with E-state index in [-0.39, 0.29) is 0 Å². The number of anilines is 1. The molecule has 1 atom stereocenters. The first kappa shape index (κ1) is 15.3. The molecule has 1 aliphatic rings. The summed E-state index contributed by atoms with van der Waals surface area (Å²) >= 11 is 0. The second kappa shape index (κ2) is 7.65. The fraction of sp³-hybridized carbons (Fsp3) is 0.647. The van der Waals surface area contributed by atoms with Crippen LogP contribution in [0.3, 0.4) is 0 Å². The molecule has 1 fully saturated rings. The van der Waals surface area contributed by atoms with Gasteiger partial charge in [-0.15, -0.1) is 0 Å². The predicted molar refractivity (Wildman–Crippen MR) is 85.4 cm³/mol. The average molecular weight is 276 g/mol. The van der Waals surface area contributed by atoms with Gasteiger partial charge >= 0.3 is 0 Å². The highest BCUT2D eigenvalue weighted by molar-refractivity contribution is 5.55. The molecule has 1 unspecified atom stereocenters. The van der Waals surface area contributed by atoms with Crippen molar-refractivity contribution in [3.8, 4) is 0 Å². The highest BCUT2D eigenvalue weighted by Gasteiger charge is 2.22. The van der Waals surface area contributed by atoms with Crippen molar-refractivity contribution in [2.45, 2.75) is 45.2 Å². The molecule has 0 amide bonds. The van der Waals surface area contributed by atoms with E-state index in [2.05, 4.69) is 55.4 Å². The summed E-state index contributed by atoms with van der Waals surface area (Å²) in [4.78, 5) is 2.46. The number of nitrogens with one attached hydrogen (secondary N) is 1. The van der Waals surface area contributed by atoms with Crippen LogP contribution in [0.15, 0.2) is 24.3 Å². The molecule has 1 aliphatic heterocycles. The van der Waals surface area contributed by atoms with E-state index in [1.54, 1.807) is 0 Å². The normalized spacial score (nSPS) is 17.9. The summed E-state index contributed by atoms with van der Waals surface area (Å²) in [7, 11) is 2.23. The van der Waals surface area contributed by atoms with Gasteiger partial charge in [0.2, 0.25) is 0 Å². The largest absolute Gasteiger partial charge is 0.381 e. The van der Waals surface area contributed by atoms with Crippen LogP contribution < -0.4 is 10.2 Å². The molecular weight excluding hydrogens is 248 g/mol. The molecule has 0 aromatic heterocycles. The van der Waals surface area contributed by atoms with E-state index in [4.69, 9.17) is 4.74 Å². The van der Waals surface area contributed by atoms with Gasteiger partial charge in [0.1, 0.15) is 0 Å². The Labute approximate surface area is 123 Å². The quantitative estimate of drug-likeness (QED) is 0.862. The van der Waals surface area contributed by atoms with Gasteiger partial charge in [-0.1, -0.05) is 32.0 Å². The molecule has 0 spiro atoms. The summed E-state index contributed by atoms with van der Waals surface area (Å²) in [5, 5.41) is 3.60. The highest BCUT2D eigenvalue weighted by Crippen LogP contribution is 2.30. The zero-order chi connectivity index (χ0) is 14.4. The third-order valence-corrected chi connectivity index (χ3v) is 4.29. The number of nitrogens with zero attached hydrogens (tertiary/aromatic N) is 1. The van der Waals surface area contributed by atoms with Gasteiger partial charge in [-0.2, -0.15) is 0 Å². The monoisotopic (exact) mass is 276 g/mol. The maximum absolute atomic E-state index is 5.48. The Morgan fingerprint density at radius 1 is 1.25 bits per heavy atom. The second-order valence-electron chi connectivity index (χ2n) is 5.53. The van der Waals surface area contributed by atoms with E-state index in [9.17, 15) is 0 Å². The van der Waals surface area contributed by atoms with Gasteiger partial charge in [0.15, 0.2) is 0 Å². The van der Waals surface area contributed by atoms with Gasteiger partial charge in [-0.3, -0.25) is 0 Å². The highest BCUT2D eigenvalue weighted by atomic mass is 16.5. The number of rotatable bonds is 6. The SMILES string of the molecule is CCNC(CC)c1ccccc1N(C)C1CCOCC1. The Hall–Kier alpha value is -1.06. The van der Waals surface area contributed by atoms with Crippen molar-refractivity contribution in [1.29, 1.82) is 0 Å². The number of hydrogen-bond donors (Lipinski definition) is 1. The van der Waals surface area contributed by atoms with E-state index in [1.165, 1.54) is 11.3 Å². The fourth-order valence-electron chi connectivity index (χ4n) is 3.09. The number of benzene rings is 1. The molecule has 1 N–H and O–H groups in total. The number of ether oxygens (including phenoxy) is 1. The van der Waals surface area contributed by atoms with E-state index in [0.29, 0.717) is 12.1 Å². The molecular formula is C17H28N2O. The van der Waals surface area contributed by atoms with Gasteiger partial charge in [0.25, 0.3) is 0 Å². The lowest BCUT2D eigenvalue weighted by Crippen LogP contribution is -2.37. The van der Waals surface area contributed by atoms with Crippen LogP contribution in [-0.2, 0) is 4.74 Å². The van der Waals surface area contributed by atoms with Crippen molar-refractivity contribution < 1.29 is 4.74 Å². The summed E-state index contributed by atoms with van der Waals surface area (Å²) < 4.78 is 5.48. The lowest BCUT2D eigenvalue weighted by Gasteiger charge is -2.35. The zero-order valence-electron chi connectivity index (χ0n) is 13.1. The molecule has 112 valence electrons. The van der Waals surface area contributed by atoms with Gasteiger partial charge in [-0.25, -0.2) is 0 Å². The summed E-state index contributed by atoms with van der Waals surface area (Å²) in [6.07, 6.45) is 3.37. The predicted octanol–water partition coefficient (Wildman–Crippen LogP) is 3.36. The minimum atomic E-state index is 0.443. The minimum Gasteiger partial charge on any atom is -0.381 e. The third-order valence-electron chi connectivity index (χ3n) is 4.29. The molecule has 1 aromatic rings. The van der Waals surface area contributed by atoms with E-state index < -0.39 is 0 Å². The summed E-state index contributed by atoms with van der Waals surface area (Å²) in [6, 6.07) is 9.86. The molecule has 1 aromatic carbocycles. The van der Waals surface area contributed by atoms with Gasteiger partial charge in [0.05, 0.1) is 0 Å². The Bertz CT molecular complexity index is 402. The van der Waals surface area contributed by atoms with E-state index >= 15 is 0 Å². The molecule has 0 aliphatic carbocycles. The summed E-state index contributed by atoms with van der Waals surface area (Å²) in [6.45, 7) is 7.21. The Morgan fingerprint density at radius 3 is 2.60 bits per heavy atom. The van der Waals surface area contributed by atoms with Crippen molar-refractivity contribution in [2.24, 2.45) is 0 Å². The first-order valence-corrected chi connectivity index (χ1v) is 7.90. The Balaban J connectivity index is 2.21. The molecule has 0 radical (unpaired) electrons. The number of hydrogen-bond acceptors (Lipinski definition) is 3. The van der Waals surface area contributed by atoms with Gasteiger partial charge < -0.3 is 15.0 Å². The van der Waals surface area contributed by atoms with Crippen LogP contribution in [0, 0.1) is 0 Å². The number of para-hydroxylation sites is 1. The van der Waals surface area contributed by atoms with Crippen molar-refractivity contribution in [3.63, 3.8) is 0 Å². The maximum Gasteiger partial charge on any atom is 0.0485 e. The molecule has 1 heterocycles. The molecule has 2 rings (SSSR count). The van der Waals surface area contributed by atoms with Crippen LogP contribution in [0.1, 0.15) is 44.7 Å². The van der Waals surface area contributed by atoms with Crippen molar-refractivity contribution in [3.05, 3.63) is 29.8 Å². The summed E-state index contributed by atoms with van der Waals surface area (Å²) in [5.74, 6) is 0.